The monoisotopic (exact) mass is 226 g/mol. The Bertz CT molecular complexity index is 256. The van der Waals surface area contributed by atoms with Gasteiger partial charge in [-0.3, -0.25) is 4.79 Å². The molecule has 0 bridgehead atoms. The molecule has 0 aromatic rings. The highest BCUT2D eigenvalue weighted by Gasteiger charge is 2.25. The topological polar surface area (TPSA) is 46.5 Å². The van der Waals surface area contributed by atoms with E-state index in [0.717, 1.165) is 18.4 Å². The molecule has 0 heterocycles. The van der Waals surface area contributed by atoms with Crippen molar-refractivity contribution in [3.63, 3.8) is 0 Å². The second-order valence-electron chi connectivity index (χ2n) is 4.59. The minimum Gasteiger partial charge on any atom is -0.396 e. The lowest BCUT2D eigenvalue weighted by Crippen LogP contribution is -2.29. The fourth-order valence-electron chi connectivity index (χ4n) is 1.97. The van der Waals surface area contributed by atoms with Crippen LogP contribution in [-0.2, 0) is 9.53 Å². The lowest BCUT2D eigenvalue weighted by molar-refractivity contribution is -0.117. The maximum absolute atomic E-state index is 11.8. The van der Waals surface area contributed by atoms with Crippen molar-refractivity contribution >= 4 is 5.78 Å². The number of ketones is 1. The van der Waals surface area contributed by atoms with Gasteiger partial charge in [0.15, 0.2) is 5.78 Å². The first-order chi connectivity index (χ1) is 7.66. The summed E-state index contributed by atoms with van der Waals surface area (Å²) in [6.07, 6.45) is 5.15. The number of rotatable bonds is 6. The van der Waals surface area contributed by atoms with Gasteiger partial charge < -0.3 is 9.84 Å². The fraction of sp³-hybridized carbons (Fsp3) is 0.769. The van der Waals surface area contributed by atoms with Crippen LogP contribution in [0, 0.1) is 5.92 Å². The molecule has 0 aliphatic heterocycles. The number of aliphatic hydroxyl groups is 1. The Hall–Kier alpha value is -0.670. The average molecular weight is 226 g/mol. The number of ether oxygens (including phenoxy) is 1. The molecule has 1 rings (SSSR count). The Labute approximate surface area is 97.5 Å². The largest absolute Gasteiger partial charge is 0.396 e. The smallest absolute Gasteiger partial charge is 0.161 e. The first kappa shape index (κ1) is 13.4. The van der Waals surface area contributed by atoms with Crippen LogP contribution in [0.15, 0.2) is 11.6 Å². The van der Waals surface area contributed by atoms with Crippen molar-refractivity contribution in [1.82, 2.24) is 0 Å². The highest BCUT2D eigenvalue weighted by Crippen LogP contribution is 2.24. The lowest BCUT2D eigenvalue weighted by Gasteiger charge is -2.25. The van der Waals surface area contributed by atoms with E-state index in [0.29, 0.717) is 25.4 Å². The maximum atomic E-state index is 11.8. The van der Waals surface area contributed by atoms with Crippen LogP contribution < -0.4 is 0 Å². The Kier molecular flexibility index (Phi) is 5.71. The van der Waals surface area contributed by atoms with Crippen LogP contribution in [0.25, 0.3) is 0 Å². The van der Waals surface area contributed by atoms with Gasteiger partial charge in [-0.1, -0.05) is 19.9 Å². The van der Waals surface area contributed by atoms with E-state index in [9.17, 15) is 4.79 Å². The van der Waals surface area contributed by atoms with Gasteiger partial charge in [-0.2, -0.15) is 0 Å². The summed E-state index contributed by atoms with van der Waals surface area (Å²) in [5.41, 5.74) is 0.846. The summed E-state index contributed by atoms with van der Waals surface area (Å²) in [6.45, 7) is 4.78. The first-order valence-electron chi connectivity index (χ1n) is 6.12. The van der Waals surface area contributed by atoms with Crippen LogP contribution in [0.4, 0.5) is 0 Å². The molecule has 1 N–H and O–H groups in total. The van der Waals surface area contributed by atoms with E-state index in [-0.39, 0.29) is 18.5 Å². The third-order valence-electron chi connectivity index (χ3n) is 2.81. The van der Waals surface area contributed by atoms with E-state index in [4.69, 9.17) is 9.84 Å². The second-order valence-corrected chi connectivity index (χ2v) is 4.59. The second kappa shape index (κ2) is 6.81. The van der Waals surface area contributed by atoms with Gasteiger partial charge in [-0.05, 0) is 25.2 Å². The lowest BCUT2D eigenvalue weighted by atomic mass is 9.89. The molecule has 0 amide bonds. The Morgan fingerprint density at radius 2 is 2.25 bits per heavy atom. The standard InChI is InChI=1S/C13H22O3/c1-10(2)13(16-9-5-8-14)11-6-3-4-7-12(11)15/h6,10,13-14H,3-5,7-9H2,1-2H3. The third kappa shape index (κ3) is 3.72. The predicted molar refractivity (Wildman–Crippen MR) is 63.2 cm³/mol. The minimum absolute atomic E-state index is 0.0978. The van der Waals surface area contributed by atoms with Crippen LogP contribution in [0.5, 0.6) is 0 Å². The molecule has 0 fully saturated rings. The Morgan fingerprint density at radius 3 is 2.81 bits per heavy atom. The van der Waals surface area contributed by atoms with Gasteiger partial charge in [0.25, 0.3) is 0 Å². The minimum atomic E-state index is -0.0978. The molecule has 1 aliphatic carbocycles. The Balaban J connectivity index is 2.61. The van der Waals surface area contributed by atoms with Crippen molar-refractivity contribution in [3.8, 4) is 0 Å². The number of aliphatic hydroxyl groups excluding tert-OH is 1. The Morgan fingerprint density at radius 1 is 1.50 bits per heavy atom. The number of hydrogen-bond donors (Lipinski definition) is 1. The zero-order valence-electron chi connectivity index (χ0n) is 10.2. The van der Waals surface area contributed by atoms with Crippen molar-refractivity contribution in [2.45, 2.75) is 45.6 Å². The van der Waals surface area contributed by atoms with E-state index in [2.05, 4.69) is 13.8 Å². The number of allylic oxidation sites excluding steroid dienone is 1. The first-order valence-corrected chi connectivity index (χ1v) is 6.12. The van der Waals surface area contributed by atoms with Crippen LogP contribution in [-0.4, -0.2) is 30.2 Å². The molecule has 16 heavy (non-hydrogen) atoms. The summed E-state index contributed by atoms with van der Waals surface area (Å²) >= 11 is 0. The SMILES string of the molecule is CC(C)C(OCCCO)C1=CCCCC1=O. The molecule has 3 heteroatoms. The molecule has 0 saturated carbocycles. The summed E-state index contributed by atoms with van der Waals surface area (Å²) in [5, 5.41) is 8.72. The van der Waals surface area contributed by atoms with E-state index in [1.165, 1.54) is 0 Å². The summed E-state index contributed by atoms with van der Waals surface area (Å²) in [4.78, 5) is 11.8. The average Bonchev–Trinajstić information content (AvgIpc) is 2.25. The molecule has 3 nitrogen and oxygen atoms in total. The highest BCUT2D eigenvalue weighted by atomic mass is 16.5. The van der Waals surface area contributed by atoms with E-state index in [1.807, 2.05) is 6.08 Å². The number of hydrogen-bond acceptors (Lipinski definition) is 3. The van der Waals surface area contributed by atoms with Gasteiger partial charge in [0.05, 0.1) is 6.10 Å². The summed E-state index contributed by atoms with van der Waals surface area (Å²) < 4.78 is 5.70. The molecule has 0 saturated heterocycles. The van der Waals surface area contributed by atoms with E-state index < -0.39 is 0 Å². The zero-order chi connectivity index (χ0) is 12.0. The zero-order valence-corrected chi connectivity index (χ0v) is 10.2. The maximum Gasteiger partial charge on any atom is 0.161 e. The number of carbonyl (C=O) groups is 1. The van der Waals surface area contributed by atoms with Gasteiger partial charge in [-0.15, -0.1) is 0 Å². The summed E-state index contributed by atoms with van der Waals surface area (Å²) in [6, 6.07) is 0. The van der Waals surface area contributed by atoms with E-state index >= 15 is 0 Å². The molecule has 1 aliphatic rings. The molecule has 92 valence electrons. The van der Waals surface area contributed by atoms with Crippen molar-refractivity contribution in [3.05, 3.63) is 11.6 Å². The number of carbonyl (C=O) groups excluding carboxylic acids is 1. The molecule has 0 aromatic heterocycles. The van der Waals surface area contributed by atoms with Gasteiger partial charge in [0.1, 0.15) is 0 Å². The molecule has 0 spiro atoms. The number of Topliss-reactive ketones (excluding diaryl/α,β-unsaturated/α-hetero) is 1. The fourth-order valence-corrected chi connectivity index (χ4v) is 1.97. The molecular formula is C13H22O3. The molecule has 0 aromatic carbocycles. The van der Waals surface area contributed by atoms with Gasteiger partial charge in [0, 0.05) is 25.2 Å². The molecule has 0 radical (unpaired) electrons. The van der Waals surface area contributed by atoms with Gasteiger partial charge in [-0.25, -0.2) is 0 Å². The quantitative estimate of drug-likeness (QED) is 0.705. The van der Waals surface area contributed by atoms with Crippen molar-refractivity contribution in [2.75, 3.05) is 13.2 Å². The van der Waals surface area contributed by atoms with Crippen LogP contribution in [0.2, 0.25) is 0 Å². The highest BCUT2D eigenvalue weighted by molar-refractivity contribution is 5.97. The van der Waals surface area contributed by atoms with Crippen molar-refractivity contribution < 1.29 is 14.6 Å². The van der Waals surface area contributed by atoms with E-state index in [1.54, 1.807) is 0 Å². The van der Waals surface area contributed by atoms with Gasteiger partial charge in [0.2, 0.25) is 0 Å². The molecular weight excluding hydrogens is 204 g/mol. The predicted octanol–water partition coefficient (Wildman–Crippen LogP) is 2.09. The molecule has 1 unspecified atom stereocenters. The normalized spacial score (nSPS) is 18.8. The van der Waals surface area contributed by atoms with Gasteiger partial charge >= 0.3 is 0 Å². The third-order valence-corrected chi connectivity index (χ3v) is 2.81. The summed E-state index contributed by atoms with van der Waals surface area (Å²) in [7, 11) is 0. The summed E-state index contributed by atoms with van der Waals surface area (Å²) in [5.74, 6) is 0.529. The van der Waals surface area contributed by atoms with Crippen molar-refractivity contribution in [1.29, 1.82) is 0 Å². The molecule has 1 atom stereocenters. The van der Waals surface area contributed by atoms with Crippen LogP contribution in [0.1, 0.15) is 39.5 Å². The van der Waals surface area contributed by atoms with Crippen LogP contribution >= 0.6 is 0 Å². The van der Waals surface area contributed by atoms with Crippen molar-refractivity contribution in [2.24, 2.45) is 5.92 Å². The van der Waals surface area contributed by atoms with Crippen LogP contribution in [0.3, 0.4) is 0 Å².